The van der Waals surface area contributed by atoms with Gasteiger partial charge in [-0.05, 0) is 37.5 Å². The first-order chi connectivity index (χ1) is 12.8. The molecule has 7 nitrogen and oxygen atoms in total. The molecule has 0 bridgehead atoms. The highest BCUT2D eigenvalue weighted by Crippen LogP contribution is 2.25. The molecule has 138 valence electrons. The van der Waals surface area contributed by atoms with Gasteiger partial charge in [0.1, 0.15) is 5.76 Å². The van der Waals surface area contributed by atoms with Gasteiger partial charge in [-0.3, -0.25) is 4.79 Å². The van der Waals surface area contributed by atoms with Gasteiger partial charge in [0, 0.05) is 19.2 Å². The van der Waals surface area contributed by atoms with Crippen LogP contribution >= 0.6 is 0 Å². The highest BCUT2D eigenvalue weighted by molar-refractivity contribution is 5.81. The number of ether oxygens (including phenoxy) is 2. The zero-order valence-electron chi connectivity index (χ0n) is 14.8. The molecule has 2 aromatic rings. The van der Waals surface area contributed by atoms with E-state index in [-0.39, 0.29) is 12.5 Å². The third kappa shape index (κ3) is 4.78. The zero-order chi connectivity index (χ0) is 18.2. The second-order valence-electron chi connectivity index (χ2n) is 5.96. The summed E-state index contributed by atoms with van der Waals surface area (Å²) in [6.45, 7) is 1.87. The summed E-state index contributed by atoms with van der Waals surface area (Å²) >= 11 is 0. The van der Waals surface area contributed by atoms with Gasteiger partial charge in [-0.1, -0.05) is 12.1 Å². The maximum absolute atomic E-state index is 11.8. The van der Waals surface area contributed by atoms with Crippen molar-refractivity contribution in [1.29, 1.82) is 0 Å². The molecule has 1 aliphatic heterocycles. The lowest BCUT2D eigenvalue weighted by molar-refractivity contribution is -0.123. The molecule has 0 aliphatic carbocycles. The molecule has 0 saturated carbocycles. The molecule has 3 rings (SSSR count). The summed E-state index contributed by atoms with van der Waals surface area (Å²) in [7, 11) is 1.55. The predicted octanol–water partition coefficient (Wildman–Crippen LogP) is 2.81. The third-order valence-electron chi connectivity index (χ3n) is 4.09. The van der Waals surface area contributed by atoms with Crippen LogP contribution in [0.15, 0.2) is 45.9 Å². The van der Waals surface area contributed by atoms with Crippen molar-refractivity contribution in [3.63, 3.8) is 0 Å². The maximum atomic E-state index is 11.8. The van der Waals surface area contributed by atoms with E-state index in [4.69, 9.17) is 13.9 Å². The average molecular weight is 357 g/mol. The zero-order valence-corrected chi connectivity index (χ0v) is 14.8. The summed E-state index contributed by atoms with van der Waals surface area (Å²) in [6, 6.07) is 10.9. The lowest BCUT2D eigenvalue weighted by atomic mass is 10.1. The number of benzene rings is 1. The molecule has 2 heterocycles. The Kier molecular flexibility index (Phi) is 6.14. The van der Waals surface area contributed by atoms with Crippen molar-refractivity contribution in [2.45, 2.75) is 19.3 Å². The Morgan fingerprint density at radius 1 is 1.19 bits per heavy atom. The van der Waals surface area contributed by atoms with E-state index < -0.39 is 0 Å². The molecule has 1 N–H and O–H groups in total. The molecule has 1 aliphatic rings. The Morgan fingerprint density at radius 3 is 2.73 bits per heavy atom. The molecule has 26 heavy (non-hydrogen) atoms. The first-order valence-corrected chi connectivity index (χ1v) is 8.69. The normalized spacial score (nSPS) is 14.4. The van der Waals surface area contributed by atoms with Gasteiger partial charge < -0.3 is 18.8 Å². The molecule has 0 atom stereocenters. The summed E-state index contributed by atoms with van der Waals surface area (Å²) in [4.78, 5) is 14.1. The second-order valence-corrected chi connectivity index (χ2v) is 5.96. The van der Waals surface area contributed by atoms with Gasteiger partial charge in [-0.2, -0.15) is 5.10 Å². The monoisotopic (exact) mass is 357 g/mol. The summed E-state index contributed by atoms with van der Waals surface area (Å²) < 4.78 is 16.3. The maximum Gasteiger partial charge on any atom is 0.277 e. The number of amides is 1. The van der Waals surface area contributed by atoms with Crippen molar-refractivity contribution in [1.82, 2.24) is 5.43 Å². The highest BCUT2D eigenvalue weighted by Gasteiger charge is 2.13. The van der Waals surface area contributed by atoms with Crippen molar-refractivity contribution >= 4 is 18.0 Å². The van der Waals surface area contributed by atoms with Crippen LogP contribution in [0.25, 0.3) is 0 Å². The van der Waals surface area contributed by atoms with E-state index in [1.165, 1.54) is 25.5 Å². The first-order valence-electron chi connectivity index (χ1n) is 8.69. The number of nitrogens with zero attached hydrogens (tertiary/aromatic N) is 2. The quantitative estimate of drug-likeness (QED) is 0.609. The fourth-order valence-electron chi connectivity index (χ4n) is 2.78. The van der Waals surface area contributed by atoms with Crippen LogP contribution in [0.1, 0.15) is 25.0 Å². The number of methoxy groups -OCH3 is 1. The number of carbonyl (C=O) groups is 1. The number of hydrogen-bond acceptors (Lipinski definition) is 6. The van der Waals surface area contributed by atoms with E-state index in [1.54, 1.807) is 19.2 Å². The van der Waals surface area contributed by atoms with Crippen LogP contribution < -0.4 is 19.8 Å². The molecule has 7 heteroatoms. The highest BCUT2D eigenvalue weighted by atomic mass is 16.5. The number of nitrogens with one attached hydrogen (secondary N) is 1. The molecule has 0 unspecified atom stereocenters. The molecule has 1 fully saturated rings. The number of furan rings is 1. The summed E-state index contributed by atoms with van der Waals surface area (Å²) in [5, 5.41) is 3.91. The summed E-state index contributed by atoms with van der Waals surface area (Å²) in [5.74, 6) is 2.15. The number of hydrogen-bond donors (Lipinski definition) is 1. The lowest BCUT2D eigenvalue weighted by Crippen LogP contribution is -2.28. The molecular weight excluding hydrogens is 334 g/mol. The number of carbonyl (C=O) groups excluding carboxylic acids is 1. The predicted molar refractivity (Wildman–Crippen MR) is 99.0 cm³/mol. The number of hydrazone groups is 1. The standard InChI is InChI=1S/C19H23N3O4/c1-24-16-7-3-4-8-17(16)25-14-18(23)21-20-13-15-9-10-19(26-15)22-11-5-2-6-12-22/h3-4,7-10,13H,2,5-6,11-12,14H2,1H3,(H,21,23)/b20-13-. The molecule has 1 saturated heterocycles. The minimum atomic E-state index is -0.366. The van der Waals surface area contributed by atoms with Crippen LogP contribution in [-0.2, 0) is 4.79 Å². The Hall–Kier alpha value is -2.96. The van der Waals surface area contributed by atoms with Gasteiger partial charge in [0.2, 0.25) is 0 Å². The second kappa shape index (κ2) is 8.94. The van der Waals surface area contributed by atoms with Crippen molar-refractivity contribution in [2.75, 3.05) is 31.7 Å². The topological polar surface area (TPSA) is 76.3 Å². The number of para-hydroxylation sites is 2. The van der Waals surface area contributed by atoms with Crippen LogP contribution in [0.5, 0.6) is 11.5 Å². The van der Waals surface area contributed by atoms with Gasteiger partial charge in [-0.25, -0.2) is 5.43 Å². The van der Waals surface area contributed by atoms with Gasteiger partial charge in [-0.15, -0.1) is 0 Å². The Morgan fingerprint density at radius 2 is 1.96 bits per heavy atom. The summed E-state index contributed by atoms with van der Waals surface area (Å²) in [6.07, 6.45) is 5.13. The number of anilines is 1. The molecule has 0 radical (unpaired) electrons. The van der Waals surface area contributed by atoms with E-state index in [9.17, 15) is 4.79 Å². The van der Waals surface area contributed by atoms with E-state index in [0.29, 0.717) is 17.3 Å². The molecule has 1 aromatic heterocycles. The van der Waals surface area contributed by atoms with E-state index in [1.807, 2.05) is 24.3 Å². The molecular formula is C19H23N3O4. The molecule has 1 amide bonds. The van der Waals surface area contributed by atoms with Gasteiger partial charge in [0.05, 0.1) is 13.3 Å². The average Bonchev–Trinajstić information content (AvgIpc) is 3.16. The van der Waals surface area contributed by atoms with Crippen molar-refractivity contribution in [3.05, 3.63) is 42.2 Å². The minimum absolute atomic E-state index is 0.158. The van der Waals surface area contributed by atoms with Crippen LogP contribution in [-0.4, -0.2) is 38.9 Å². The molecule has 1 aromatic carbocycles. The van der Waals surface area contributed by atoms with Crippen LogP contribution in [0, 0.1) is 0 Å². The Labute approximate surface area is 152 Å². The smallest absolute Gasteiger partial charge is 0.277 e. The minimum Gasteiger partial charge on any atom is -0.493 e. The van der Waals surface area contributed by atoms with Crippen molar-refractivity contribution in [2.24, 2.45) is 5.10 Å². The Balaban J connectivity index is 1.46. The number of rotatable bonds is 7. The van der Waals surface area contributed by atoms with E-state index >= 15 is 0 Å². The Bertz CT molecular complexity index is 751. The first kappa shape index (κ1) is 17.8. The van der Waals surface area contributed by atoms with Crippen LogP contribution in [0.2, 0.25) is 0 Å². The van der Waals surface area contributed by atoms with Crippen molar-refractivity contribution < 1.29 is 18.7 Å². The largest absolute Gasteiger partial charge is 0.493 e. The van der Waals surface area contributed by atoms with Crippen LogP contribution in [0.3, 0.4) is 0 Å². The van der Waals surface area contributed by atoms with Crippen molar-refractivity contribution in [3.8, 4) is 11.5 Å². The van der Waals surface area contributed by atoms with Gasteiger partial charge >= 0.3 is 0 Å². The molecule has 0 spiro atoms. The van der Waals surface area contributed by atoms with Gasteiger partial charge in [0.25, 0.3) is 5.91 Å². The lowest BCUT2D eigenvalue weighted by Gasteiger charge is -2.25. The van der Waals surface area contributed by atoms with E-state index in [2.05, 4.69) is 15.4 Å². The fourth-order valence-corrected chi connectivity index (χ4v) is 2.78. The van der Waals surface area contributed by atoms with Crippen LogP contribution in [0.4, 0.5) is 5.88 Å². The SMILES string of the molecule is COc1ccccc1OCC(=O)N/N=C\c1ccc(N2CCCCC2)o1. The third-order valence-corrected chi connectivity index (χ3v) is 4.09. The summed E-state index contributed by atoms with van der Waals surface area (Å²) in [5.41, 5.74) is 2.42. The number of piperidine rings is 1. The van der Waals surface area contributed by atoms with Gasteiger partial charge in [0.15, 0.2) is 24.0 Å². The van der Waals surface area contributed by atoms with E-state index in [0.717, 1.165) is 19.0 Å². The fraction of sp³-hybridized carbons (Fsp3) is 0.368.